The molecular weight excluding hydrogens is 410 g/mol. The number of amides is 3. The minimum Gasteiger partial charge on any atom is -0.489 e. The molecule has 2 aliphatic heterocycles. The summed E-state index contributed by atoms with van der Waals surface area (Å²) in [5, 5.41) is 3.00. The summed E-state index contributed by atoms with van der Waals surface area (Å²) in [5.41, 5.74) is 1.14. The molecule has 3 amide bonds. The number of rotatable bonds is 5. The Morgan fingerprint density at radius 1 is 1.25 bits per heavy atom. The molecule has 8 heteroatoms. The Balaban J connectivity index is 1.60. The Hall–Kier alpha value is -2.48. The fourth-order valence-corrected chi connectivity index (χ4v) is 3.94. The van der Waals surface area contributed by atoms with Gasteiger partial charge in [-0.25, -0.2) is 9.59 Å². The summed E-state index contributed by atoms with van der Waals surface area (Å²) < 4.78 is 17.1. The molecule has 0 unspecified atom stereocenters. The molecule has 0 radical (unpaired) electrons. The van der Waals surface area contributed by atoms with Gasteiger partial charge in [0, 0.05) is 26.7 Å². The first-order valence-electron chi connectivity index (χ1n) is 11.5. The number of hydrogen-bond donors (Lipinski definition) is 1. The summed E-state index contributed by atoms with van der Waals surface area (Å²) in [5.74, 6) is 0.647. The van der Waals surface area contributed by atoms with Crippen LogP contribution in [0, 0.1) is 6.92 Å². The quantitative estimate of drug-likeness (QED) is 0.723. The number of benzene rings is 1. The van der Waals surface area contributed by atoms with E-state index in [9.17, 15) is 9.59 Å². The molecule has 0 spiro atoms. The van der Waals surface area contributed by atoms with Crippen molar-refractivity contribution >= 4 is 17.8 Å². The number of ether oxygens (including phenoxy) is 3. The fraction of sp³-hybridized carbons (Fsp3) is 0.667. The highest BCUT2D eigenvalue weighted by Gasteiger charge is 2.31. The average molecular weight is 448 g/mol. The molecular formula is C24H37N3O5. The first kappa shape index (κ1) is 24.2. The third-order valence-electron chi connectivity index (χ3n) is 5.74. The molecule has 2 atom stereocenters. The molecule has 1 N–H and O–H groups in total. The van der Waals surface area contributed by atoms with Gasteiger partial charge in [0.1, 0.15) is 18.0 Å². The number of nitrogens with one attached hydrogen (secondary N) is 1. The smallest absolute Gasteiger partial charge is 0.410 e. The number of piperidine rings is 1. The second-order valence-electron chi connectivity index (χ2n) is 9.71. The second kappa shape index (κ2) is 10.4. The average Bonchev–Trinajstić information content (AvgIpc) is 3.25. The lowest BCUT2D eigenvalue weighted by Gasteiger charge is -2.38. The lowest BCUT2D eigenvalue weighted by molar-refractivity contribution is 0.0158. The number of likely N-dealkylation sites (N-methyl/N-ethyl adjacent to an activating group) is 1. The number of nitrogens with zero attached hydrogens (tertiary/aromatic N) is 2. The predicted molar refractivity (Wildman–Crippen MR) is 123 cm³/mol. The number of likely N-dealkylation sites (tertiary alicyclic amines) is 1. The Bertz CT molecular complexity index is 801. The number of urea groups is 1. The van der Waals surface area contributed by atoms with Gasteiger partial charge in [0.15, 0.2) is 0 Å². The third kappa shape index (κ3) is 6.76. The van der Waals surface area contributed by atoms with Gasteiger partial charge in [-0.05, 0) is 71.1 Å². The summed E-state index contributed by atoms with van der Waals surface area (Å²) in [6, 6.07) is 5.46. The van der Waals surface area contributed by atoms with Crippen LogP contribution in [0.25, 0.3) is 0 Å². The standard InChI is InChI=1S/C24H37N3O5/c1-17-10-11-20(21(14-17)31-16-19-9-7-13-30-19)25-22(28)27-12-6-8-18(15-27)26(5)23(29)32-24(2,3)4/h10-11,14,18-19H,6-9,12-13,15-16H2,1-5H3,(H,25,28)/t18-,19+/m0/s1. The summed E-state index contributed by atoms with van der Waals surface area (Å²) in [7, 11) is 1.73. The van der Waals surface area contributed by atoms with Crippen molar-refractivity contribution in [3.8, 4) is 5.75 Å². The second-order valence-corrected chi connectivity index (χ2v) is 9.71. The van der Waals surface area contributed by atoms with Crippen LogP contribution >= 0.6 is 0 Å². The monoisotopic (exact) mass is 447 g/mol. The maximum atomic E-state index is 13.0. The van der Waals surface area contributed by atoms with Crippen LogP contribution in [0.5, 0.6) is 5.75 Å². The van der Waals surface area contributed by atoms with Gasteiger partial charge in [0.25, 0.3) is 0 Å². The highest BCUT2D eigenvalue weighted by atomic mass is 16.6. The zero-order chi connectivity index (χ0) is 23.3. The van der Waals surface area contributed by atoms with Gasteiger partial charge in [-0.2, -0.15) is 0 Å². The molecule has 178 valence electrons. The lowest BCUT2D eigenvalue weighted by atomic mass is 10.1. The van der Waals surface area contributed by atoms with Crippen molar-refractivity contribution in [1.29, 1.82) is 0 Å². The Morgan fingerprint density at radius 2 is 2.03 bits per heavy atom. The van der Waals surface area contributed by atoms with E-state index in [-0.39, 0.29) is 24.3 Å². The fourth-order valence-electron chi connectivity index (χ4n) is 3.94. The number of carbonyl (C=O) groups is 2. The van der Waals surface area contributed by atoms with Crippen LogP contribution < -0.4 is 10.1 Å². The van der Waals surface area contributed by atoms with E-state index in [1.807, 2.05) is 45.9 Å². The predicted octanol–water partition coefficient (Wildman–Crippen LogP) is 4.42. The van der Waals surface area contributed by atoms with Crippen molar-refractivity contribution in [3.05, 3.63) is 23.8 Å². The third-order valence-corrected chi connectivity index (χ3v) is 5.74. The first-order valence-corrected chi connectivity index (χ1v) is 11.5. The van der Waals surface area contributed by atoms with Crippen molar-refractivity contribution < 1.29 is 23.8 Å². The molecule has 2 fully saturated rings. The SMILES string of the molecule is Cc1ccc(NC(=O)N2CCC[C@H](N(C)C(=O)OC(C)(C)C)C2)c(OC[C@H]2CCCO2)c1. The van der Waals surface area contributed by atoms with E-state index in [1.165, 1.54) is 0 Å². The van der Waals surface area contributed by atoms with Crippen LogP contribution in [0.1, 0.15) is 52.0 Å². The molecule has 8 nitrogen and oxygen atoms in total. The molecule has 0 bridgehead atoms. The van der Waals surface area contributed by atoms with Gasteiger partial charge in [-0.15, -0.1) is 0 Å². The molecule has 3 rings (SSSR count). The Morgan fingerprint density at radius 3 is 2.72 bits per heavy atom. The number of hydrogen-bond acceptors (Lipinski definition) is 5. The Labute approximate surface area is 191 Å². The van der Waals surface area contributed by atoms with E-state index in [0.29, 0.717) is 31.1 Å². The van der Waals surface area contributed by atoms with E-state index < -0.39 is 5.60 Å². The van der Waals surface area contributed by atoms with Crippen LogP contribution in [0.4, 0.5) is 15.3 Å². The maximum absolute atomic E-state index is 13.0. The molecule has 0 aromatic heterocycles. The zero-order valence-corrected chi connectivity index (χ0v) is 20.0. The molecule has 0 aliphatic carbocycles. The van der Waals surface area contributed by atoms with Crippen molar-refractivity contribution in [2.75, 3.05) is 38.7 Å². The molecule has 1 aromatic rings. The summed E-state index contributed by atoms with van der Waals surface area (Å²) in [6.45, 7) is 9.88. The molecule has 32 heavy (non-hydrogen) atoms. The van der Waals surface area contributed by atoms with Crippen LogP contribution in [0.3, 0.4) is 0 Å². The van der Waals surface area contributed by atoms with Crippen LogP contribution in [-0.4, -0.2) is 73.0 Å². The summed E-state index contributed by atoms with van der Waals surface area (Å²) >= 11 is 0. The van der Waals surface area contributed by atoms with Gasteiger partial charge in [0.05, 0.1) is 17.8 Å². The molecule has 2 saturated heterocycles. The lowest BCUT2D eigenvalue weighted by Crippen LogP contribution is -2.52. The van der Waals surface area contributed by atoms with E-state index in [4.69, 9.17) is 14.2 Å². The van der Waals surface area contributed by atoms with Gasteiger partial charge in [-0.3, -0.25) is 0 Å². The van der Waals surface area contributed by atoms with E-state index in [2.05, 4.69) is 5.32 Å². The topological polar surface area (TPSA) is 80.3 Å². The van der Waals surface area contributed by atoms with Gasteiger partial charge in [-0.1, -0.05) is 6.07 Å². The van der Waals surface area contributed by atoms with Crippen molar-refractivity contribution in [3.63, 3.8) is 0 Å². The minimum atomic E-state index is -0.553. The van der Waals surface area contributed by atoms with Gasteiger partial charge >= 0.3 is 12.1 Å². The van der Waals surface area contributed by atoms with Crippen LogP contribution in [-0.2, 0) is 9.47 Å². The van der Waals surface area contributed by atoms with Crippen molar-refractivity contribution in [1.82, 2.24) is 9.80 Å². The summed E-state index contributed by atoms with van der Waals surface area (Å²) in [4.78, 5) is 28.8. The van der Waals surface area contributed by atoms with Crippen LogP contribution in [0.15, 0.2) is 18.2 Å². The van der Waals surface area contributed by atoms with E-state index in [0.717, 1.165) is 37.9 Å². The van der Waals surface area contributed by atoms with E-state index >= 15 is 0 Å². The summed E-state index contributed by atoms with van der Waals surface area (Å²) in [6.07, 6.45) is 3.44. The van der Waals surface area contributed by atoms with E-state index in [1.54, 1.807) is 16.8 Å². The van der Waals surface area contributed by atoms with Crippen molar-refractivity contribution in [2.24, 2.45) is 0 Å². The largest absolute Gasteiger partial charge is 0.489 e. The Kier molecular flexibility index (Phi) is 7.87. The highest BCUT2D eigenvalue weighted by Crippen LogP contribution is 2.28. The maximum Gasteiger partial charge on any atom is 0.410 e. The van der Waals surface area contributed by atoms with Gasteiger partial charge in [0.2, 0.25) is 0 Å². The number of anilines is 1. The molecule has 2 aliphatic rings. The minimum absolute atomic E-state index is 0.0856. The van der Waals surface area contributed by atoms with Crippen molar-refractivity contribution in [2.45, 2.75) is 71.1 Å². The normalized spacial score (nSPS) is 21.2. The zero-order valence-electron chi connectivity index (χ0n) is 20.0. The van der Waals surface area contributed by atoms with Crippen LogP contribution in [0.2, 0.25) is 0 Å². The molecule has 1 aromatic carbocycles. The van der Waals surface area contributed by atoms with Gasteiger partial charge < -0.3 is 29.3 Å². The number of carbonyl (C=O) groups excluding carboxylic acids is 2. The number of aryl methyl sites for hydroxylation is 1. The highest BCUT2D eigenvalue weighted by molar-refractivity contribution is 5.91. The molecule has 0 saturated carbocycles. The first-order chi connectivity index (χ1) is 15.1. The molecule has 2 heterocycles.